The highest BCUT2D eigenvalue weighted by molar-refractivity contribution is 7.11. The first-order valence-corrected chi connectivity index (χ1v) is 9.24. The lowest BCUT2D eigenvalue weighted by Gasteiger charge is -2.28. The van der Waals surface area contributed by atoms with E-state index < -0.39 is 11.9 Å². The second-order valence-electron chi connectivity index (χ2n) is 6.05. The summed E-state index contributed by atoms with van der Waals surface area (Å²) in [6.07, 6.45) is -0.236. The van der Waals surface area contributed by atoms with Crippen molar-refractivity contribution in [2.75, 3.05) is 18.0 Å². The number of hydrogen-bond donors (Lipinski definition) is 0. The van der Waals surface area contributed by atoms with Gasteiger partial charge in [0.15, 0.2) is 11.5 Å². The van der Waals surface area contributed by atoms with E-state index in [4.69, 9.17) is 0 Å². The van der Waals surface area contributed by atoms with Crippen molar-refractivity contribution in [2.24, 2.45) is 0 Å². The molecule has 0 atom stereocenters. The van der Waals surface area contributed by atoms with Gasteiger partial charge in [-0.2, -0.15) is 13.2 Å². The molecule has 0 radical (unpaired) electrons. The standard InChI is InChI=1S/C19H15F3N4S/c20-19(21,22)16-12-17(25-18(24-16)14-4-1-2-8-23-14)26-9-6-13(7-10-26)15-5-3-11-27-15/h1-6,8,11-12H,7,9-10H2. The number of halogens is 3. The van der Waals surface area contributed by atoms with Crippen molar-refractivity contribution in [1.82, 2.24) is 15.0 Å². The minimum Gasteiger partial charge on any atom is -0.352 e. The summed E-state index contributed by atoms with van der Waals surface area (Å²) < 4.78 is 40.0. The maximum Gasteiger partial charge on any atom is 0.433 e. The van der Waals surface area contributed by atoms with Crippen LogP contribution in [-0.4, -0.2) is 28.0 Å². The van der Waals surface area contributed by atoms with Crippen LogP contribution in [0.1, 0.15) is 17.0 Å². The van der Waals surface area contributed by atoms with E-state index in [0.717, 1.165) is 12.5 Å². The van der Waals surface area contributed by atoms with Crippen LogP contribution in [0.5, 0.6) is 0 Å². The molecule has 0 fully saturated rings. The molecule has 1 aliphatic rings. The summed E-state index contributed by atoms with van der Waals surface area (Å²) in [5, 5.41) is 2.02. The van der Waals surface area contributed by atoms with Gasteiger partial charge in [-0.05, 0) is 35.6 Å². The Labute approximate surface area is 158 Å². The highest BCUT2D eigenvalue weighted by Gasteiger charge is 2.34. The Morgan fingerprint density at radius 2 is 1.96 bits per heavy atom. The van der Waals surface area contributed by atoms with Crippen LogP contribution in [-0.2, 0) is 6.18 Å². The SMILES string of the molecule is FC(F)(F)c1cc(N2CC=C(c3cccs3)CC2)nc(-c2ccccn2)n1. The quantitative estimate of drug-likeness (QED) is 0.639. The molecule has 27 heavy (non-hydrogen) atoms. The van der Waals surface area contributed by atoms with Gasteiger partial charge in [0.2, 0.25) is 0 Å². The lowest BCUT2D eigenvalue weighted by Crippen LogP contribution is -2.29. The fourth-order valence-electron chi connectivity index (χ4n) is 2.91. The van der Waals surface area contributed by atoms with Gasteiger partial charge in [0.25, 0.3) is 0 Å². The van der Waals surface area contributed by atoms with Crippen LogP contribution in [0, 0.1) is 0 Å². The summed E-state index contributed by atoms with van der Waals surface area (Å²) >= 11 is 1.66. The first-order valence-electron chi connectivity index (χ1n) is 8.36. The van der Waals surface area contributed by atoms with E-state index in [2.05, 4.69) is 21.0 Å². The van der Waals surface area contributed by atoms with E-state index in [-0.39, 0.29) is 11.6 Å². The minimum atomic E-state index is -4.55. The van der Waals surface area contributed by atoms with E-state index in [9.17, 15) is 13.2 Å². The lowest BCUT2D eigenvalue weighted by atomic mass is 10.1. The van der Waals surface area contributed by atoms with E-state index in [1.807, 2.05) is 22.4 Å². The molecule has 0 aromatic carbocycles. The summed E-state index contributed by atoms with van der Waals surface area (Å²) in [5.41, 5.74) is 0.578. The molecule has 4 heterocycles. The zero-order valence-electron chi connectivity index (χ0n) is 14.1. The molecule has 0 N–H and O–H groups in total. The number of pyridine rings is 1. The normalized spacial score (nSPS) is 14.9. The molecule has 1 aliphatic heterocycles. The van der Waals surface area contributed by atoms with E-state index in [1.54, 1.807) is 29.5 Å². The van der Waals surface area contributed by atoms with Crippen LogP contribution < -0.4 is 4.90 Å². The molecule has 4 rings (SSSR count). The Morgan fingerprint density at radius 1 is 1.07 bits per heavy atom. The monoisotopic (exact) mass is 388 g/mol. The molecular formula is C19H15F3N4S. The summed E-state index contributed by atoms with van der Waals surface area (Å²) in [6, 6.07) is 10.0. The summed E-state index contributed by atoms with van der Waals surface area (Å²) in [5.74, 6) is 0.243. The number of thiophene rings is 1. The number of rotatable bonds is 3. The third-order valence-corrected chi connectivity index (χ3v) is 5.21. The predicted octanol–water partition coefficient (Wildman–Crippen LogP) is 4.91. The zero-order valence-corrected chi connectivity index (χ0v) is 15.0. The van der Waals surface area contributed by atoms with Crippen molar-refractivity contribution in [3.63, 3.8) is 0 Å². The Balaban J connectivity index is 1.68. The van der Waals surface area contributed by atoms with Crippen LogP contribution in [0.15, 0.2) is 54.1 Å². The van der Waals surface area contributed by atoms with Crippen molar-refractivity contribution in [1.29, 1.82) is 0 Å². The third-order valence-electron chi connectivity index (χ3n) is 4.27. The van der Waals surface area contributed by atoms with Gasteiger partial charge < -0.3 is 4.90 Å². The highest BCUT2D eigenvalue weighted by Crippen LogP contribution is 2.33. The fourth-order valence-corrected chi connectivity index (χ4v) is 3.71. The maximum atomic E-state index is 13.3. The summed E-state index contributed by atoms with van der Waals surface area (Å²) in [7, 11) is 0. The molecule has 0 unspecified atom stereocenters. The first kappa shape index (κ1) is 17.7. The number of anilines is 1. The highest BCUT2D eigenvalue weighted by atomic mass is 32.1. The Morgan fingerprint density at radius 3 is 2.59 bits per heavy atom. The van der Waals surface area contributed by atoms with Crippen LogP contribution in [0.2, 0.25) is 0 Å². The topological polar surface area (TPSA) is 41.9 Å². The number of hydrogen-bond acceptors (Lipinski definition) is 5. The van der Waals surface area contributed by atoms with E-state index in [0.29, 0.717) is 18.8 Å². The smallest absolute Gasteiger partial charge is 0.352 e. The van der Waals surface area contributed by atoms with Crippen LogP contribution >= 0.6 is 11.3 Å². The second-order valence-corrected chi connectivity index (χ2v) is 7.00. The maximum absolute atomic E-state index is 13.3. The van der Waals surface area contributed by atoms with Gasteiger partial charge in [0.1, 0.15) is 11.5 Å². The number of aromatic nitrogens is 3. The Bertz CT molecular complexity index is 953. The molecular weight excluding hydrogens is 373 g/mol. The molecule has 0 spiro atoms. The van der Waals surface area contributed by atoms with Gasteiger partial charge in [-0.1, -0.05) is 18.2 Å². The van der Waals surface area contributed by atoms with Gasteiger partial charge in [0.05, 0.1) is 0 Å². The second kappa shape index (κ2) is 7.11. The molecule has 138 valence electrons. The minimum absolute atomic E-state index is 0.0199. The van der Waals surface area contributed by atoms with Crippen molar-refractivity contribution in [2.45, 2.75) is 12.6 Å². The van der Waals surface area contributed by atoms with Crippen molar-refractivity contribution < 1.29 is 13.2 Å². The number of nitrogens with zero attached hydrogens (tertiary/aromatic N) is 4. The van der Waals surface area contributed by atoms with Crippen LogP contribution in [0.4, 0.5) is 19.0 Å². The van der Waals surface area contributed by atoms with Crippen molar-refractivity contribution in [3.05, 3.63) is 64.6 Å². The molecule has 4 nitrogen and oxygen atoms in total. The first-order chi connectivity index (χ1) is 13.0. The summed E-state index contributed by atoms with van der Waals surface area (Å²) in [6.45, 7) is 1.10. The molecule has 3 aromatic heterocycles. The van der Waals surface area contributed by atoms with Gasteiger partial charge in [-0.3, -0.25) is 4.98 Å². The lowest BCUT2D eigenvalue weighted by molar-refractivity contribution is -0.141. The van der Waals surface area contributed by atoms with Gasteiger partial charge >= 0.3 is 6.18 Å². The van der Waals surface area contributed by atoms with Gasteiger partial charge in [-0.15, -0.1) is 11.3 Å². The molecule has 3 aromatic rings. The van der Waals surface area contributed by atoms with Crippen molar-refractivity contribution >= 4 is 22.7 Å². The molecule has 8 heteroatoms. The average Bonchev–Trinajstić information content (AvgIpc) is 3.23. The largest absolute Gasteiger partial charge is 0.433 e. The molecule has 0 bridgehead atoms. The average molecular weight is 388 g/mol. The Hall–Kier alpha value is -2.74. The summed E-state index contributed by atoms with van der Waals surface area (Å²) in [4.78, 5) is 15.2. The predicted molar refractivity (Wildman–Crippen MR) is 99.4 cm³/mol. The molecule has 0 saturated heterocycles. The molecule has 0 aliphatic carbocycles. The van der Waals surface area contributed by atoms with Crippen molar-refractivity contribution in [3.8, 4) is 11.5 Å². The fraction of sp³-hybridized carbons (Fsp3) is 0.211. The van der Waals surface area contributed by atoms with Crippen LogP contribution in [0.3, 0.4) is 0 Å². The van der Waals surface area contributed by atoms with Gasteiger partial charge in [0, 0.05) is 30.2 Å². The molecule has 0 amide bonds. The third kappa shape index (κ3) is 3.85. The van der Waals surface area contributed by atoms with E-state index in [1.165, 1.54) is 16.6 Å². The Kier molecular flexibility index (Phi) is 4.65. The number of alkyl halides is 3. The van der Waals surface area contributed by atoms with Crippen LogP contribution in [0.25, 0.3) is 17.1 Å². The van der Waals surface area contributed by atoms with E-state index >= 15 is 0 Å². The zero-order chi connectivity index (χ0) is 18.9. The molecule has 0 saturated carbocycles. The van der Waals surface area contributed by atoms with Gasteiger partial charge in [-0.25, -0.2) is 9.97 Å².